The Bertz CT molecular complexity index is 373. The molecule has 1 unspecified atom stereocenters. The number of benzene rings is 1. The summed E-state index contributed by atoms with van der Waals surface area (Å²) in [5.41, 5.74) is 6.66. The van der Waals surface area contributed by atoms with Gasteiger partial charge in [0, 0.05) is 25.3 Å². The topological polar surface area (TPSA) is 38.5 Å². The second-order valence-corrected chi connectivity index (χ2v) is 4.59. The Hall–Kier alpha value is -0.480. The molecule has 0 amide bonds. The number of hydrogen-bond acceptors (Lipinski definition) is 3. The fourth-order valence-electron chi connectivity index (χ4n) is 1.78. The van der Waals surface area contributed by atoms with E-state index < -0.39 is 0 Å². The third kappa shape index (κ3) is 2.61. The molecule has 0 aromatic heterocycles. The highest BCUT2D eigenvalue weighted by Crippen LogP contribution is 2.27. The Morgan fingerprint density at radius 3 is 2.88 bits per heavy atom. The molecule has 0 spiro atoms. The molecular weight excluding hydrogens is 247 g/mol. The molecule has 1 aromatic rings. The monoisotopic (exact) mass is 260 g/mol. The van der Waals surface area contributed by atoms with E-state index >= 15 is 0 Å². The van der Waals surface area contributed by atoms with Gasteiger partial charge in [0.1, 0.15) is 0 Å². The highest BCUT2D eigenvalue weighted by atomic mass is 35.5. The van der Waals surface area contributed by atoms with Crippen LogP contribution < -0.4 is 10.6 Å². The first-order valence-electron chi connectivity index (χ1n) is 5.22. The molecule has 0 aliphatic carbocycles. The van der Waals surface area contributed by atoms with E-state index in [0.717, 1.165) is 18.8 Å². The van der Waals surface area contributed by atoms with Crippen LogP contribution in [0.1, 0.15) is 0 Å². The van der Waals surface area contributed by atoms with Gasteiger partial charge in [-0.15, -0.1) is 0 Å². The van der Waals surface area contributed by atoms with E-state index in [1.165, 1.54) is 0 Å². The lowest BCUT2D eigenvalue weighted by atomic mass is 10.2. The van der Waals surface area contributed by atoms with E-state index in [2.05, 4.69) is 4.90 Å². The molecule has 1 saturated heterocycles. The molecule has 16 heavy (non-hydrogen) atoms. The number of hydrogen-bond donors (Lipinski definition) is 1. The fraction of sp³-hybridized carbons (Fsp3) is 0.455. The predicted molar refractivity (Wildman–Crippen MR) is 67.5 cm³/mol. The number of nitrogens with two attached hydrogens (primary N) is 1. The summed E-state index contributed by atoms with van der Waals surface area (Å²) in [4.78, 5) is 2.21. The van der Waals surface area contributed by atoms with Crippen molar-refractivity contribution in [3.8, 4) is 0 Å². The van der Waals surface area contributed by atoms with Crippen LogP contribution in [-0.2, 0) is 4.74 Å². The number of ether oxygens (including phenoxy) is 1. The lowest BCUT2D eigenvalue weighted by molar-refractivity contribution is 0.0466. The molecule has 3 nitrogen and oxygen atoms in total. The van der Waals surface area contributed by atoms with Crippen molar-refractivity contribution in [1.82, 2.24) is 0 Å². The number of morpholine rings is 1. The predicted octanol–water partition coefficient (Wildman–Crippen LogP) is 2.16. The van der Waals surface area contributed by atoms with Crippen LogP contribution in [-0.4, -0.2) is 32.3 Å². The molecule has 0 saturated carbocycles. The molecule has 1 aliphatic heterocycles. The van der Waals surface area contributed by atoms with Gasteiger partial charge in [0.15, 0.2) is 0 Å². The maximum absolute atomic E-state index is 5.99. The van der Waals surface area contributed by atoms with Gasteiger partial charge in [-0.2, -0.15) is 0 Å². The highest BCUT2D eigenvalue weighted by molar-refractivity contribution is 6.42. The van der Waals surface area contributed by atoms with E-state index in [1.54, 1.807) is 0 Å². The molecule has 1 heterocycles. The summed E-state index contributed by atoms with van der Waals surface area (Å²) < 4.78 is 5.51. The van der Waals surface area contributed by atoms with Crippen LogP contribution >= 0.6 is 23.2 Å². The molecule has 5 heteroatoms. The van der Waals surface area contributed by atoms with Crippen LogP contribution in [0, 0.1) is 0 Å². The first-order chi connectivity index (χ1) is 7.70. The van der Waals surface area contributed by atoms with Crippen molar-refractivity contribution in [3.63, 3.8) is 0 Å². The zero-order valence-corrected chi connectivity index (χ0v) is 10.3. The molecule has 0 bridgehead atoms. The third-order valence-electron chi connectivity index (χ3n) is 2.67. The van der Waals surface area contributed by atoms with Crippen LogP contribution in [0.3, 0.4) is 0 Å². The van der Waals surface area contributed by atoms with E-state index in [-0.39, 0.29) is 6.10 Å². The standard InChI is InChI=1S/C11H14Cl2N2O/c12-10-2-1-8(5-11(10)13)15-3-4-16-9(6-14)7-15/h1-2,5,9H,3-4,6-7,14H2. The Morgan fingerprint density at radius 2 is 2.19 bits per heavy atom. The normalized spacial score (nSPS) is 21.2. The zero-order chi connectivity index (χ0) is 11.5. The summed E-state index contributed by atoms with van der Waals surface area (Å²) in [5.74, 6) is 0. The van der Waals surface area contributed by atoms with Gasteiger partial charge in [0.2, 0.25) is 0 Å². The van der Waals surface area contributed by atoms with Crippen molar-refractivity contribution in [2.75, 3.05) is 31.1 Å². The van der Waals surface area contributed by atoms with Crippen molar-refractivity contribution in [2.45, 2.75) is 6.10 Å². The average Bonchev–Trinajstić information content (AvgIpc) is 2.33. The van der Waals surface area contributed by atoms with Crippen molar-refractivity contribution in [1.29, 1.82) is 0 Å². The Labute approximate surface area is 105 Å². The van der Waals surface area contributed by atoms with Gasteiger partial charge in [-0.1, -0.05) is 23.2 Å². The van der Waals surface area contributed by atoms with Crippen LogP contribution in [0.4, 0.5) is 5.69 Å². The lowest BCUT2D eigenvalue weighted by Crippen LogP contribution is -2.45. The van der Waals surface area contributed by atoms with Gasteiger partial charge < -0.3 is 15.4 Å². The van der Waals surface area contributed by atoms with Gasteiger partial charge in [-0.05, 0) is 18.2 Å². The summed E-state index contributed by atoms with van der Waals surface area (Å²) in [7, 11) is 0. The average molecular weight is 261 g/mol. The molecule has 0 radical (unpaired) electrons. The minimum absolute atomic E-state index is 0.100. The fourth-order valence-corrected chi connectivity index (χ4v) is 2.07. The Kier molecular flexibility index (Phi) is 3.92. The second kappa shape index (κ2) is 5.23. The zero-order valence-electron chi connectivity index (χ0n) is 8.83. The van der Waals surface area contributed by atoms with Gasteiger partial charge in [0.25, 0.3) is 0 Å². The van der Waals surface area contributed by atoms with Crippen molar-refractivity contribution < 1.29 is 4.74 Å². The van der Waals surface area contributed by atoms with E-state index in [0.29, 0.717) is 23.2 Å². The molecular formula is C11H14Cl2N2O. The quantitative estimate of drug-likeness (QED) is 0.886. The van der Waals surface area contributed by atoms with Gasteiger partial charge >= 0.3 is 0 Å². The molecule has 88 valence electrons. The van der Waals surface area contributed by atoms with Gasteiger partial charge in [-0.3, -0.25) is 0 Å². The first kappa shape index (κ1) is 12.0. The maximum Gasteiger partial charge on any atom is 0.0872 e. The minimum atomic E-state index is 0.100. The number of anilines is 1. The van der Waals surface area contributed by atoms with E-state index in [9.17, 15) is 0 Å². The van der Waals surface area contributed by atoms with Crippen LogP contribution in [0.2, 0.25) is 10.0 Å². The van der Waals surface area contributed by atoms with Crippen molar-refractivity contribution in [2.24, 2.45) is 5.73 Å². The summed E-state index contributed by atoms with van der Waals surface area (Å²) in [6.45, 7) is 2.89. The number of halogens is 2. The summed E-state index contributed by atoms with van der Waals surface area (Å²) in [5, 5.41) is 1.16. The summed E-state index contributed by atoms with van der Waals surface area (Å²) >= 11 is 11.9. The van der Waals surface area contributed by atoms with Crippen molar-refractivity contribution >= 4 is 28.9 Å². The highest BCUT2D eigenvalue weighted by Gasteiger charge is 2.19. The third-order valence-corrected chi connectivity index (χ3v) is 3.41. The molecule has 1 atom stereocenters. The van der Waals surface area contributed by atoms with Gasteiger partial charge in [0.05, 0.1) is 22.8 Å². The SMILES string of the molecule is NCC1CN(c2ccc(Cl)c(Cl)c2)CCO1. The molecule has 1 aliphatic rings. The van der Waals surface area contributed by atoms with Crippen LogP contribution in [0.15, 0.2) is 18.2 Å². The molecule has 1 aromatic carbocycles. The van der Waals surface area contributed by atoms with E-state index in [1.807, 2.05) is 18.2 Å². The van der Waals surface area contributed by atoms with E-state index in [4.69, 9.17) is 33.7 Å². The second-order valence-electron chi connectivity index (χ2n) is 3.77. The number of nitrogens with zero attached hydrogens (tertiary/aromatic N) is 1. The molecule has 2 N–H and O–H groups in total. The Morgan fingerprint density at radius 1 is 1.38 bits per heavy atom. The van der Waals surface area contributed by atoms with Crippen molar-refractivity contribution in [3.05, 3.63) is 28.2 Å². The minimum Gasteiger partial charge on any atom is -0.373 e. The smallest absolute Gasteiger partial charge is 0.0872 e. The van der Waals surface area contributed by atoms with Crippen LogP contribution in [0.25, 0.3) is 0 Å². The number of rotatable bonds is 2. The van der Waals surface area contributed by atoms with Gasteiger partial charge in [-0.25, -0.2) is 0 Å². The first-order valence-corrected chi connectivity index (χ1v) is 5.98. The summed E-state index contributed by atoms with van der Waals surface area (Å²) in [6, 6.07) is 5.65. The summed E-state index contributed by atoms with van der Waals surface area (Å²) in [6.07, 6.45) is 0.100. The largest absolute Gasteiger partial charge is 0.373 e. The lowest BCUT2D eigenvalue weighted by Gasteiger charge is -2.34. The van der Waals surface area contributed by atoms with Crippen LogP contribution in [0.5, 0.6) is 0 Å². The maximum atomic E-state index is 5.99. The molecule has 2 rings (SSSR count). The molecule has 1 fully saturated rings. The Balaban J connectivity index is 2.13.